The molecule has 0 aromatic rings. The minimum absolute atomic E-state index is 1.77. The molecule has 23 heavy (non-hydrogen) atoms. The Morgan fingerprint density at radius 3 is 1.35 bits per heavy atom. The molecule has 0 aliphatic carbocycles. The summed E-state index contributed by atoms with van der Waals surface area (Å²) in [7, 11) is 0. The first-order chi connectivity index (χ1) is 9.77. The van der Waals surface area contributed by atoms with E-state index in [4.69, 9.17) is 5.11 Å². The number of nitrogens with zero attached hydrogens (tertiary/aromatic N) is 1. The van der Waals surface area contributed by atoms with Crippen molar-refractivity contribution >= 4 is 5.97 Å². The number of ether oxygens (including phenoxy) is 1. The smallest absolute Gasteiger partial charge is 0.448 e. The number of alkyl halides is 12. The van der Waals surface area contributed by atoms with E-state index < -0.39 is 47.1 Å². The van der Waals surface area contributed by atoms with Crippen molar-refractivity contribution in [2.75, 3.05) is 0 Å². The van der Waals surface area contributed by atoms with Crippen molar-refractivity contribution in [2.24, 2.45) is 0 Å². The Bertz CT molecular complexity index is 489. The molecule has 0 amide bonds. The van der Waals surface area contributed by atoms with E-state index in [1.54, 1.807) is 4.74 Å². The van der Waals surface area contributed by atoms with Crippen molar-refractivity contribution < 1.29 is 67.3 Å². The predicted molar refractivity (Wildman–Crippen MR) is 40.2 cm³/mol. The Labute approximate surface area is 116 Å². The molecular weight excluding hydrogens is 374 g/mol. The molecule has 0 aromatic heterocycles. The van der Waals surface area contributed by atoms with Crippen LogP contribution in [-0.2, 0) is 9.53 Å². The standard InChI is InChI=1S/C7HF12NO3/c8-2(1(21)22,3(9,10)11)20-4(12,13)6(16,17)23-7(18,19)5(20,14)15/h(H,21,22)/t2-/m1/s1. The highest BCUT2D eigenvalue weighted by Crippen LogP contribution is 2.60. The van der Waals surface area contributed by atoms with Gasteiger partial charge in [0.05, 0.1) is 0 Å². The number of morpholine rings is 1. The second-order valence-corrected chi connectivity index (χ2v) is 3.98. The Morgan fingerprint density at radius 2 is 1.13 bits per heavy atom. The van der Waals surface area contributed by atoms with Crippen LogP contribution < -0.4 is 0 Å². The summed E-state index contributed by atoms with van der Waals surface area (Å²) in [5.41, 5.74) is 0. The molecule has 0 bridgehead atoms. The maximum atomic E-state index is 13.5. The largest absolute Gasteiger partial charge is 0.478 e. The Hall–Kier alpha value is -1.45. The molecule has 1 N–H and O–H groups in total. The summed E-state index contributed by atoms with van der Waals surface area (Å²) in [6.07, 6.45) is -20.8. The average molecular weight is 375 g/mol. The molecule has 0 spiro atoms. The van der Waals surface area contributed by atoms with Crippen LogP contribution in [0.2, 0.25) is 0 Å². The highest BCUT2D eigenvalue weighted by atomic mass is 19.4. The van der Waals surface area contributed by atoms with Gasteiger partial charge < -0.3 is 5.11 Å². The summed E-state index contributed by atoms with van der Waals surface area (Å²) in [5.74, 6) is -11.2. The van der Waals surface area contributed by atoms with Gasteiger partial charge in [0.15, 0.2) is 0 Å². The molecule has 1 heterocycles. The van der Waals surface area contributed by atoms with E-state index in [0.29, 0.717) is 0 Å². The molecular formula is C7HF12NO3. The number of halogens is 12. The molecule has 4 nitrogen and oxygen atoms in total. The van der Waals surface area contributed by atoms with Gasteiger partial charge in [0.2, 0.25) is 0 Å². The highest BCUT2D eigenvalue weighted by molar-refractivity contribution is 5.78. The molecule has 1 saturated heterocycles. The summed E-state index contributed by atoms with van der Waals surface area (Å²) >= 11 is 0. The van der Waals surface area contributed by atoms with E-state index in [9.17, 15) is 57.5 Å². The van der Waals surface area contributed by atoms with Crippen molar-refractivity contribution in [2.45, 2.75) is 36.3 Å². The van der Waals surface area contributed by atoms with Crippen LogP contribution in [0.3, 0.4) is 0 Å². The van der Waals surface area contributed by atoms with E-state index in [2.05, 4.69) is 0 Å². The average Bonchev–Trinajstić information content (AvgIpc) is 2.22. The van der Waals surface area contributed by atoms with Crippen LogP contribution >= 0.6 is 0 Å². The minimum atomic E-state index is -7.24. The first kappa shape index (κ1) is 19.6. The van der Waals surface area contributed by atoms with Crippen molar-refractivity contribution in [3.05, 3.63) is 0 Å². The zero-order valence-corrected chi connectivity index (χ0v) is 9.75. The molecule has 1 aliphatic rings. The van der Waals surface area contributed by atoms with Gasteiger partial charge in [-0.25, -0.2) is 13.9 Å². The van der Waals surface area contributed by atoms with E-state index >= 15 is 0 Å². The van der Waals surface area contributed by atoms with E-state index in [1.165, 1.54) is 0 Å². The van der Waals surface area contributed by atoms with Gasteiger partial charge in [-0.05, 0) is 0 Å². The van der Waals surface area contributed by atoms with Gasteiger partial charge in [-0.3, -0.25) is 0 Å². The van der Waals surface area contributed by atoms with Crippen LogP contribution in [-0.4, -0.2) is 52.3 Å². The van der Waals surface area contributed by atoms with Gasteiger partial charge in [-0.1, -0.05) is 0 Å². The molecule has 16 heteroatoms. The summed E-state index contributed by atoms with van der Waals surface area (Å²) in [6, 6.07) is -14.2. The normalized spacial score (nSPS) is 28.9. The summed E-state index contributed by atoms with van der Waals surface area (Å²) in [6.45, 7) is 0. The number of aliphatic carboxylic acids is 1. The lowest BCUT2D eigenvalue weighted by atomic mass is 10.1. The van der Waals surface area contributed by atoms with E-state index in [-0.39, 0.29) is 0 Å². The fourth-order valence-electron chi connectivity index (χ4n) is 1.45. The zero-order valence-electron chi connectivity index (χ0n) is 9.75. The van der Waals surface area contributed by atoms with Crippen LogP contribution in [0.25, 0.3) is 0 Å². The van der Waals surface area contributed by atoms with Crippen molar-refractivity contribution in [1.29, 1.82) is 0 Å². The first-order valence-electron chi connectivity index (χ1n) is 4.77. The third-order valence-corrected chi connectivity index (χ3v) is 2.49. The number of carbonyl (C=O) groups is 1. The van der Waals surface area contributed by atoms with Crippen molar-refractivity contribution in [3.63, 3.8) is 0 Å². The summed E-state index contributed by atoms with van der Waals surface area (Å²) in [5, 5.41) is 7.99. The number of rotatable bonds is 2. The van der Waals surface area contributed by atoms with Gasteiger partial charge in [-0.15, -0.1) is 4.90 Å². The third kappa shape index (κ3) is 2.29. The molecule has 136 valence electrons. The third-order valence-electron chi connectivity index (χ3n) is 2.49. The maximum absolute atomic E-state index is 13.5. The Balaban J connectivity index is 3.82. The quantitative estimate of drug-likeness (QED) is 0.596. The number of carboxylic acid groups (broad SMARTS) is 1. The number of hydrogen-bond acceptors (Lipinski definition) is 3. The van der Waals surface area contributed by atoms with Crippen LogP contribution in [0.15, 0.2) is 0 Å². The zero-order chi connectivity index (χ0) is 18.9. The van der Waals surface area contributed by atoms with Gasteiger partial charge in [0, 0.05) is 0 Å². The number of carboxylic acids is 1. The SMILES string of the molecule is O=C(O)[C@@](F)(N1C(F)(F)C(F)(F)OC(F)(F)C1(F)F)C(F)(F)F. The van der Waals surface area contributed by atoms with Gasteiger partial charge in [0.1, 0.15) is 0 Å². The summed E-state index contributed by atoms with van der Waals surface area (Å²) < 4.78 is 156. The lowest BCUT2D eigenvalue weighted by molar-refractivity contribution is -0.583. The van der Waals surface area contributed by atoms with Crippen LogP contribution in [0.5, 0.6) is 0 Å². The molecule has 0 aromatic carbocycles. The van der Waals surface area contributed by atoms with Crippen LogP contribution in [0.1, 0.15) is 0 Å². The predicted octanol–water partition coefficient (Wildman–Crippen LogP) is 3.00. The molecule has 0 unspecified atom stereocenters. The number of hydrogen-bond donors (Lipinski definition) is 1. The molecule has 1 atom stereocenters. The molecule has 0 radical (unpaired) electrons. The Kier molecular flexibility index (Phi) is 3.88. The van der Waals surface area contributed by atoms with Gasteiger partial charge in [0.25, 0.3) is 0 Å². The monoisotopic (exact) mass is 375 g/mol. The van der Waals surface area contributed by atoms with Crippen molar-refractivity contribution in [3.8, 4) is 0 Å². The lowest BCUT2D eigenvalue weighted by Crippen LogP contribution is -2.81. The molecule has 1 fully saturated rings. The fraction of sp³-hybridized carbons (Fsp3) is 0.857. The molecule has 1 rings (SSSR count). The van der Waals surface area contributed by atoms with E-state index in [1.807, 2.05) is 0 Å². The van der Waals surface area contributed by atoms with Crippen LogP contribution in [0, 0.1) is 0 Å². The molecule has 1 aliphatic heterocycles. The van der Waals surface area contributed by atoms with Crippen molar-refractivity contribution in [1.82, 2.24) is 4.90 Å². The molecule has 0 saturated carbocycles. The first-order valence-corrected chi connectivity index (χ1v) is 4.77. The fourth-order valence-corrected chi connectivity index (χ4v) is 1.45. The second kappa shape index (κ2) is 4.55. The second-order valence-electron chi connectivity index (χ2n) is 3.98. The van der Waals surface area contributed by atoms with E-state index in [0.717, 1.165) is 0 Å². The van der Waals surface area contributed by atoms with Gasteiger partial charge in [-0.2, -0.15) is 48.3 Å². The summed E-state index contributed by atoms with van der Waals surface area (Å²) in [4.78, 5) is 6.47. The topological polar surface area (TPSA) is 49.8 Å². The minimum Gasteiger partial charge on any atom is -0.478 e. The van der Waals surface area contributed by atoms with Gasteiger partial charge >= 0.3 is 42.2 Å². The lowest BCUT2D eigenvalue weighted by Gasteiger charge is -2.50. The van der Waals surface area contributed by atoms with Crippen LogP contribution in [0.4, 0.5) is 52.7 Å². The Morgan fingerprint density at radius 1 is 0.826 bits per heavy atom. The maximum Gasteiger partial charge on any atom is 0.448 e. The highest BCUT2D eigenvalue weighted by Gasteiger charge is 2.91.